The molecule has 0 fully saturated rings. The summed E-state index contributed by atoms with van der Waals surface area (Å²) in [6.07, 6.45) is 9.29. The Kier molecular flexibility index (Phi) is 27.6. The smallest absolute Gasteiger partial charge is 0.335 e. The summed E-state index contributed by atoms with van der Waals surface area (Å²) in [5.41, 5.74) is 15.9. The highest BCUT2D eigenvalue weighted by atomic mass is 31.2. The molecule has 0 N–H and O–H groups in total. The third-order valence-electron chi connectivity index (χ3n) is 25.5. The first kappa shape index (κ1) is 92.9. The molecule has 0 aliphatic heterocycles. The van der Waals surface area contributed by atoms with E-state index < -0.39 is 13.1 Å². The van der Waals surface area contributed by atoms with Gasteiger partial charge in [0.2, 0.25) is 14.1 Å². The van der Waals surface area contributed by atoms with Gasteiger partial charge in [-0.3, -0.25) is 13.9 Å². The second-order valence-corrected chi connectivity index (χ2v) is 36.7. The average molecular weight is 1870 g/mol. The molecule has 0 saturated heterocycles. The number of benzene rings is 21. The Morgan fingerprint density at radius 2 is 0.610 bits per heavy atom. The quantitative estimate of drug-likeness (QED) is 0.0125. The van der Waals surface area contributed by atoms with Gasteiger partial charge in [0.25, 0.3) is 5.53 Å². The van der Waals surface area contributed by atoms with Crippen molar-refractivity contribution in [3.05, 3.63) is 467 Å². The Hall–Kier alpha value is -17.1. The van der Waals surface area contributed by atoms with Gasteiger partial charge in [-0.2, -0.15) is 15.8 Å². The molecule has 680 valence electrons. The molecule has 0 heterocycles. The molecule has 0 bridgehead atoms. The number of hydrogen-bond donors (Lipinski definition) is 0. The lowest BCUT2D eigenvalue weighted by Crippen LogP contribution is -2.27. The minimum absolute atomic E-state index is 0.0438. The van der Waals surface area contributed by atoms with Crippen molar-refractivity contribution in [2.24, 2.45) is 0 Å². The van der Waals surface area contributed by atoms with Crippen molar-refractivity contribution in [2.75, 3.05) is 41.1 Å². The summed E-state index contributed by atoms with van der Waals surface area (Å²) < 4.78 is 47.5. The monoisotopic (exact) mass is 1870 g/mol. The molecule has 0 spiro atoms. The highest BCUT2D eigenvalue weighted by Gasteiger charge is 2.37. The molecule has 141 heavy (non-hydrogen) atoms. The lowest BCUT2D eigenvalue weighted by atomic mass is 9.90. The van der Waals surface area contributed by atoms with Crippen LogP contribution in [-0.4, -0.2) is 32.7 Å². The van der Waals surface area contributed by atoms with E-state index in [-0.39, 0.29) is 41.0 Å². The first-order valence-corrected chi connectivity index (χ1v) is 49.4. The van der Waals surface area contributed by atoms with Gasteiger partial charge in [0.15, 0.2) is 0 Å². The van der Waals surface area contributed by atoms with Gasteiger partial charge in [-0.1, -0.05) is 322 Å². The van der Waals surface area contributed by atoms with Crippen LogP contribution in [0.3, 0.4) is 0 Å². The van der Waals surface area contributed by atoms with E-state index in [1.54, 1.807) is 64.1 Å². The third-order valence-corrected chi connectivity index (χ3v) is 28.3. The number of rotatable bonds is 26. The van der Waals surface area contributed by atoms with Crippen molar-refractivity contribution in [2.45, 2.75) is 39.4 Å². The predicted octanol–water partition coefficient (Wildman–Crippen LogP) is 34.6. The van der Waals surface area contributed by atoms with E-state index in [1.165, 1.54) is 64.6 Å². The molecule has 21 rings (SSSR count). The number of nitrogens with zero attached hydrogens (tertiary/aromatic N) is 7. The van der Waals surface area contributed by atoms with E-state index in [0.717, 1.165) is 101 Å². The van der Waals surface area contributed by atoms with Gasteiger partial charge >= 0.3 is 7.60 Å². The van der Waals surface area contributed by atoms with Crippen LogP contribution in [-0.2, 0) is 39.3 Å². The molecule has 0 unspecified atom stereocenters. The van der Waals surface area contributed by atoms with Gasteiger partial charge in [0, 0.05) is 95.3 Å². The minimum atomic E-state index is -3.36. The fourth-order valence-electron chi connectivity index (χ4n) is 19.2. The Morgan fingerprint density at radius 1 is 0.319 bits per heavy atom. The molecule has 16 heteroatoms. The summed E-state index contributed by atoms with van der Waals surface area (Å²) in [6, 6.07) is 144. The number of carbonyl (C=O) groups is 1. The highest BCUT2D eigenvalue weighted by molar-refractivity contribution is 7.53. The molecule has 0 aliphatic carbocycles. The van der Waals surface area contributed by atoms with Crippen LogP contribution in [0.2, 0.25) is 0 Å². The normalized spacial score (nSPS) is 11.6. The van der Waals surface area contributed by atoms with Crippen molar-refractivity contribution in [1.29, 1.82) is 15.8 Å². The molecule has 0 radical (unpaired) electrons. The molecule has 14 nitrogen and oxygen atoms in total. The molecule has 0 saturated carbocycles. The third kappa shape index (κ3) is 18.8. The van der Waals surface area contributed by atoms with Gasteiger partial charge in [-0.25, -0.2) is 4.85 Å². The fourth-order valence-corrected chi connectivity index (χ4v) is 21.4. The second kappa shape index (κ2) is 41.8. The Labute approximate surface area is 820 Å². The van der Waals surface area contributed by atoms with E-state index in [4.69, 9.17) is 25.1 Å². The van der Waals surface area contributed by atoms with Crippen molar-refractivity contribution in [3.63, 3.8) is 0 Å². The van der Waals surface area contributed by atoms with Gasteiger partial charge in [-0.15, -0.1) is 0 Å². The molecule has 0 aromatic heterocycles. The molecule has 0 atom stereocenters. The average Bonchev–Trinajstić information content (AvgIpc) is 0.748. The summed E-state index contributed by atoms with van der Waals surface area (Å²) >= 11 is 0. The highest BCUT2D eigenvalue weighted by Crippen LogP contribution is 2.53. The van der Waals surface area contributed by atoms with E-state index in [9.17, 15) is 29.7 Å². The molecular formula is C125H93N7O7P2. The first-order chi connectivity index (χ1) is 69.3. The largest absolute Gasteiger partial charge is 0.337 e. The number of carbonyl (C=O) groups excluding carboxylic acids is 1. The van der Waals surface area contributed by atoms with Crippen LogP contribution >= 0.6 is 16.1 Å². The standard InChI is InChI=1S/C72H46N4.C27H19NO.C26H28N2O6P2/c1-74-72-64-45-39-51(32-30-49-34-40-57(41-35-49)75(68-26-10-18-53-14-2-6-22-59(53)68)69-27-11-19-54-15-3-7-23-60(54)69)46-65(64)67(48-73)63-44-38-52(47-66(63)72)33-31-50-36-42-58(43-37-50)76(70-28-12-20-55-16-4-8-24-61(55)70)71-29-13-21-56-17-5-9-25-62(56)71;29-19-20-15-17-23(18-16-20)28(26-13-5-9-21-7-1-3-11-24(21)26)27-14-6-10-22-8-2-4-12-25(22)27;1-5-31-26(35-29,32-6-2)19-10-12-21-23(14-19)25(16-28)20-11-9-18(13-22(20)24(21)15-27)17-36(30,33-7-3)34-8-4/h2-47H;1-19H;9-14H,5-8,17H2,1-4H3. The van der Waals surface area contributed by atoms with Crippen molar-refractivity contribution < 1.29 is 32.4 Å². The van der Waals surface area contributed by atoms with Crippen LogP contribution in [0.15, 0.2) is 400 Å². The Bertz CT molecular complexity index is 8140. The number of aldehydes is 1. The van der Waals surface area contributed by atoms with Crippen LogP contribution < -0.4 is 14.7 Å². The number of hydrogen-bond acceptors (Lipinski definition) is 13. The summed E-state index contributed by atoms with van der Waals surface area (Å²) in [5, 5.41) is 50.4. The van der Waals surface area contributed by atoms with E-state index >= 15 is 0 Å². The summed E-state index contributed by atoms with van der Waals surface area (Å²) in [5.74, 6) is 0. The fraction of sp³-hybridized carbons (Fsp3) is 0.0800. The van der Waals surface area contributed by atoms with Crippen LogP contribution in [0, 0.1) is 40.6 Å². The zero-order chi connectivity index (χ0) is 96.9. The maximum Gasteiger partial charge on any atom is 0.335 e. The summed E-state index contributed by atoms with van der Waals surface area (Å²) in [7, 11) is -3.74. The van der Waals surface area contributed by atoms with Crippen LogP contribution in [0.5, 0.6) is 0 Å². The molecule has 0 amide bonds. The maximum atomic E-state index is 13.1. The summed E-state index contributed by atoms with van der Waals surface area (Å²) in [6.45, 7) is 16.4. The van der Waals surface area contributed by atoms with Crippen LogP contribution in [0.4, 0.5) is 56.9 Å². The molecular weight excluding hydrogens is 1770 g/mol. The predicted molar refractivity (Wildman–Crippen MR) is 582 cm³/mol. The van der Waals surface area contributed by atoms with Crippen LogP contribution in [0.25, 0.3) is 137 Å². The van der Waals surface area contributed by atoms with E-state index in [2.05, 4.69) is 365 Å². The van der Waals surface area contributed by atoms with Crippen molar-refractivity contribution in [1.82, 2.24) is 0 Å². The topological polar surface area (TPSA) is 174 Å². The Morgan fingerprint density at radius 3 is 0.943 bits per heavy atom. The number of anilines is 9. The zero-order valence-corrected chi connectivity index (χ0v) is 79.7. The van der Waals surface area contributed by atoms with Gasteiger partial charge < -0.3 is 33.2 Å². The van der Waals surface area contributed by atoms with Gasteiger partial charge in [-0.05, 0) is 213 Å². The summed E-state index contributed by atoms with van der Waals surface area (Å²) in [4.78, 5) is 22.2. The van der Waals surface area contributed by atoms with Crippen molar-refractivity contribution >= 4 is 211 Å². The van der Waals surface area contributed by atoms with E-state index in [0.29, 0.717) is 60.6 Å². The molecule has 0 aliphatic rings. The van der Waals surface area contributed by atoms with Crippen molar-refractivity contribution in [3.8, 4) is 18.2 Å². The lowest BCUT2D eigenvalue weighted by Gasteiger charge is -2.28. The van der Waals surface area contributed by atoms with Gasteiger partial charge in [0.1, 0.15) is 24.5 Å². The molecule has 21 aromatic carbocycles. The van der Waals surface area contributed by atoms with Gasteiger partial charge in [0.05, 0.1) is 76.8 Å². The SMILES string of the molecule is CCOC(OCC)(P=O)c1ccc2c(C#N)c3cc(CP(=O)(OCC)OCC)ccc3c(C#N)c2c1.O=Cc1ccc(N(c2cccc3ccccc23)c2cccc3ccccc23)cc1.[C-]#[N+]c1c2ccc(C=Cc3ccc(N(c4cccc5ccccc45)c4cccc5ccccc45)cc3)cc2c(C#N)c2ccc(C=Cc3ccc(N(c4cccc5ccccc45)c4cccc5ccccc45)cc3)cc12. The number of nitriles is 3. The molecule has 21 aromatic rings. The second-order valence-electron chi connectivity index (χ2n) is 33.9. The zero-order valence-electron chi connectivity index (χ0n) is 77.9. The lowest BCUT2D eigenvalue weighted by molar-refractivity contribution is -0.176. The number of fused-ring (bicyclic) bond motifs is 10. The minimum Gasteiger partial charge on any atom is -0.337 e. The Balaban J connectivity index is 0.000000160. The first-order valence-electron chi connectivity index (χ1n) is 46.8. The van der Waals surface area contributed by atoms with Crippen LogP contribution in [0.1, 0.15) is 88.1 Å². The van der Waals surface area contributed by atoms with E-state index in [1.807, 2.05) is 60.7 Å². The maximum absolute atomic E-state index is 13.1. The number of ether oxygens (including phenoxy) is 2.